The topological polar surface area (TPSA) is 76.0 Å². The van der Waals surface area contributed by atoms with Crippen molar-refractivity contribution in [1.29, 1.82) is 0 Å². The molecular formula is C21H21ClN4O2. The third kappa shape index (κ3) is 4.98. The van der Waals surface area contributed by atoms with Crippen LogP contribution in [-0.2, 0) is 18.4 Å². The van der Waals surface area contributed by atoms with E-state index in [0.29, 0.717) is 11.6 Å². The second-order valence-corrected chi connectivity index (χ2v) is 6.93. The summed E-state index contributed by atoms with van der Waals surface area (Å²) in [4.78, 5) is 24.3. The lowest BCUT2D eigenvalue weighted by Gasteiger charge is -2.06. The van der Waals surface area contributed by atoms with Gasteiger partial charge in [-0.15, -0.1) is 0 Å². The van der Waals surface area contributed by atoms with Gasteiger partial charge in [0.1, 0.15) is 0 Å². The molecule has 144 valence electrons. The molecule has 0 saturated heterocycles. The Bertz CT molecular complexity index is 979. The quantitative estimate of drug-likeness (QED) is 0.672. The zero-order valence-electron chi connectivity index (χ0n) is 15.7. The zero-order valence-corrected chi connectivity index (χ0v) is 16.5. The first-order valence-electron chi connectivity index (χ1n) is 8.83. The van der Waals surface area contributed by atoms with E-state index in [4.69, 9.17) is 11.6 Å². The second kappa shape index (κ2) is 8.71. The molecule has 3 aromatic rings. The monoisotopic (exact) mass is 396 g/mol. The molecule has 0 aliphatic rings. The Morgan fingerprint density at radius 3 is 2.39 bits per heavy atom. The predicted octanol–water partition coefficient (Wildman–Crippen LogP) is 3.10. The molecule has 0 spiro atoms. The van der Waals surface area contributed by atoms with Crippen LogP contribution in [0.2, 0.25) is 5.02 Å². The summed E-state index contributed by atoms with van der Waals surface area (Å²) < 4.78 is 1.65. The van der Waals surface area contributed by atoms with Gasteiger partial charge in [-0.1, -0.05) is 53.6 Å². The highest BCUT2D eigenvalue weighted by Gasteiger charge is 2.14. The molecule has 1 heterocycles. The summed E-state index contributed by atoms with van der Waals surface area (Å²) in [5.41, 5.74) is 4.16. The maximum absolute atomic E-state index is 12.3. The lowest BCUT2D eigenvalue weighted by molar-refractivity contribution is -0.120. The average molecular weight is 397 g/mol. The number of rotatable bonds is 6. The maximum atomic E-state index is 12.3. The van der Waals surface area contributed by atoms with Gasteiger partial charge in [-0.25, -0.2) is 0 Å². The standard InChI is InChI=1S/C21H21ClN4O2/c1-14-3-7-16(8-4-14)19-11-18(25-26(19)2)21(28)24-13-20(27)23-12-15-5-9-17(22)10-6-15/h3-11H,12-13H2,1-2H3,(H,23,27)(H,24,28). The number of nitrogens with one attached hydrogen (secondary N) is 2. The van der Waals surface area contributed by atoms with Gasteiger partial charge in [0.25, 0.3) is 5.91 Å². The lowest BCUT2D eigenvalue weighted by Crippen LogP contribution is -2.36. The molecule has 7 heteroatoms. The SMILES string of the molecule is Cc1ccc(-c2cc(C(=O)NCC(=O)NCc3ccc(Cl)cc3)nn2C)cc1. The summed E-state index contributed by atoms with van der Waals surface area (Å²) >= 11 is 5.83. The van der Waals surface area contributed by atoms with Crippen molar-refractivity contribution in [1.82, 2.24) is 20.4 Å². The van der Waals surface area contributed by atoms with Gasteiger partial charge in [-0.2, -0.15) is 5.10 Å². The maximum Gasteiger partial charge on any atom is 0.272 e. The Hall–Kier alpha value is -3.12. The fourth-order valence-electron chi connectivity index (χ4n) is 2.69. The van der Waals surface area contributed by atoms with Crippen LogP contribution in [0.25, 0.3) is 11.3 Å². The molecule has 28 heavy (non-hydrogen) atoms. The van der Waals surface area contributed by atoms with E-state index >= 15 is 0 Å². The first kappa shape index (κ1) is 19.6. The van der Waals surface area contributed by atoms with E-state index in [0.717, 1.165) is 22.4 Å². The molecule has 0 fully saturated rings. The van der Waals surface area contributed by atoms with Crippen LogP contribution in [0.15, 0.2) is 54.6 Å². The van der Waals surface area contributed by atoms with Crippen LogP contribution in [0.4, 0.5) is 0 Å². The van der Waals surface area contributed by atoms with Crippen molar-refractivity contribution in [2.75, 3.05) is 6.54 Å². The molecule has 2 amide bonds. The number of nitrogens with zero attached hydrogens (tertiary/aromatic N) is 2. The predicted molar refractivity (Wildman–Crippen MR) is 109 cm³/mol. The third-order valence-corrected chi connectivity index (χ3v) is 4.52. The van der Waals surface area contributed by atoms with Crippen LogP contribution in [0.5, 0.6) is 0 Å². The molecule has 0 saturated carbocycles. The first-order valence-corrected chi connectivity index (χ1v) is 9.20. The number of benzene rings is 2. The molecule has 0 bridgehead atoms. The van der Waals surface area contributed by atoms with Gasteiger partial charge in [0.2, 0.25) is 5.91 Å². The minimum absolute atomic E-state index is 0.122. The van der Waals surface area contributed by atoms with Crippen LogP contribution >= 0.6 is 11.6 Å². The normalized spacial score (nSPS) is 10.5. The summed E-state index contributed by atoms with van der Waals surface area (Å²) in [6.07, 6.45) is 0. The van der Waals surface area contributed by atoms with Gasteiger partial charge in [0, 0.05) is 18.6 Å². The smallest absolute Gasteiger partial charge is 0.272 e. The summed E-state index contributed by atoms with van der Waals surface area (Å²) in [6.45, 7) is 2.26. The van der Waals surface area contributed by atoms with E-state index in [1.165, 1.54) is 0 Å². The van der Waals surface area contributed by atoms with Gasteiger partial charge >= 0.3 is 0 Å². The molecule has 0 radical (unpaired) electrons. The lowest BCUT2D eigenvalue weighted by atomic mass is 10.1. The second-order valence-electron chi connectivity index (χ2n) is 6.49. The molecule has 2 aromatic carbocycles. The van der Waals surface area contributed by atoms with Crippen molar-refractivity contribution in [3.63, 3.8) is 0 Å². The first-order chi connectivity index (χ1) is 13.4. The van der Waals surface area contributed by atoms with Crippen molar-refractivity contribution in [3.8, 4) is 11.3 Å². The Balaban J connectivity index is 1.54. The van der Waals surface area contributed by atoms with Gasteiger partial charge in [-0.3, -0.25) is 14.3 Å². The van der Waals surface area contributed by atoms with Gasteiger partial charge < -0.3 is 10.6 Å². The molecule has 0 unspecified atom stereocenters. The average Bonchev–Trinajstić information content (AvgIpc) is 3.08. The summed E-state index contributed by atoms with van der Waals surface area (Å²) in [5, 5.41) is 10.2. The number of halogens is 1. The number of hydrogen-bond donors (Lipinski definition) is 2. The van der Waals surface area contributed by atoms with Crippen molar-refractivity contribution in [2.45, 2.75) is 13.5 Å². The van der Waals surface area contributed by atoms with Crippen molar-refractivity contribution in [3.05, 3.63) is 76.4 Å². The zero-order chi connectivity index (χ0) is 20.1. The minimum Gasteiger partial charge on any atom is -0.350 e. The van der Waals surface area contributed by atoms with Crippen LogP contribution in [-0.4, -0.2) is 28.1 Å². The molecule has 2 N–H and O–H groups in total. The van der Waals surface area contributed by atoms with Crippen molar-refractivity contribution < 1.29 is 9.59 Å². The number of aryl methyl sites for hydroxylation is 2. The van der Waals surface area contributed by atoms with Crippen LogP contribution in [0.1, 0.15) is 21.6 Å². The number of amides is 2. The number of hydrogen-bond acceptors (Lipinski definition) is 3. The highest BCUT2D eigenvalue weighted by atomic mass is 35.5. The molecule has 0 aliphatic carbocycles. The highest BCUT2D eigenvalue weighted by molar-refractivity contribution is 6.30. The van der Waals surface area contributed by atoms with E-state index in [-0.39, 0.29) is 18.1 Å². The fourth-order valence-corrected chi connectivity index (χ4v) is 2.82. The van der Waals surface area contributed by atoms with Gasteiger partial charge in [0.15, 0.2) is 5.69 Å². The summed E-state index contributed by atoms with van der Waals surface area (Å²) in [6, 6.07) is 16.9. The Kier molecular flexibility index (Phi) is 6.11. The van der Waals surface area contributed by atoms with Crippen molar-refractivity contribution in [2.24, 2.45) is 7.05 Å². The summed E-state index contributed by atoms with van der Waals surface area (Å²) in [7, 11) is 1.78. The molecule has 6 nitrogen and oxygen atoms in total. The fraction of sp³-hybridized carbons (Fsp3) is 0.190. The van der Waals surface area contributed by atoms with E-state index in [1.807, 2.05) is 43.3 Å². The number of carbonyl (C=O) groups excluding carboxylic acids is 2. The molecule has 0 atom stereocenters. The van der Waals surface area contributed by atoms with E-state index in [1.54, 1.807) is 29.9 Å². The van der Waals surface area contributed by atoms with E-state index in [2.05, 4.69) is 15.7 Å². The van der Waals surface area contributed by atoms with Crippen LogP contribution in [0.3, 0.4) is 0 Å². The van der Waals surface area contributed by atoms with E-state index in [9.17, 15) is 9.59 Å². The van der Waals surface area contributed by atoms with Crippen molar-refractivity contribution >= 4 is 23.4 Å². The molecule has 3 rings (SSSR count). The molecule has 1 aromatic heterocycles. The Morgan fingerprint density at radius 1 is 1.04 bits per heavy atom. The van der Waals surface area contributed by atoms with Gasteiger partial charge in [-0.05, 0) is 36.2 Å². The number of carbonyl (C=O) groups is 2. The third-order valence-electron chi connectivity index (χ3n) is 4.27. The Morgan fingerprint density at radius 2 is 1.71 bits per heavy atom. The minimum atomic E-state index is -0.393. The molecule has 0 aliphatic heterocycles. The highest BCUT2D eigenvalue weighted by Crippen LogP contribution is 2.20. The van der Waals surface area contributed by atoms with Crippen LogP contribution < -0.4 is 10.6 Å². The summed E-state index contributed by atoms with van der Waals surface area (Å²) in [5.74, 6) is -0.673. The largest absolute Gasteiger partial charge is 0.350 e. The molecular weight excluding hydrogens is 376 g/mol. The Labute approximate surface area is 168 Å². The van der Waals surface area contributed by atoms with Gasteiger partial charge in [0.05, 0.1) is 12.2 Å². The number of aromatic nitrogens is 2. The van der Waals surface area contributed by atoms with Crippen LogP contribution in [0, 0.1) is 6.92 Å². The van der Waals surface area contributed by atoms with E-state index < -0.39 is 5.91 Å².